The number of aliphatic hydroxyl groups excluding tert-OH is 1. The van der Waals surface area contributed by atoms with Crippen LogP contribution < -0.4 is 15.5 Å². The lowest BCUT2D eigenvalue weighted by Gasteiger charge is -2.31. The van der Waals surface area contributed by atoms with Gasteiger partial charge in [-0.15, -0.1) is 0 Å². The van der Waals surface area contributed by atoms with Crippen molar-refractivity contribution >= 4 is 49.7 Å². The van der Waals surface area contributed by atoms with Gasteiger partial charge in [-0.2, -0.15) is 4.98 Å². The van der Waals surface area contributed by atoms with Crippen LogP contribution in [0.2, 0.25) is 0 Å². The van der Waals surface area contributed by atoms with Gasteiger partial charge in [-0.1, -0.05) is 12.1 Å². The molecule has 2 aromatic carbocycles. The van der Waals surface area contributed by atoms with Crippen LogP contribution in [0.5, 0.6) is 0 Å². The maximum absolute atomic E-state index is 13.0. The molecule has 0 radical (unpaired) electrons. The van der Waals surface area contributed by atoms with Gasteiger partial charge in [0.15, 0.2) is 15.7 Å². The molecule has 0 unspecified atom stereocenters. The first-order valence-electron chi connectivity index (χ1n) is 12.5. The predicted octanol–water partition coefficient (Wildman–Crippen LogP) is 4.60. The van der Waals surface area contributed by atoms with Crippen molar-refractivity contribution in [2.24, 2.45) is 7.05 Å². The van der Waals surface area contributed by atoms with E-state index in [-0.39, 0.29) is 11.0 Å². The van der Waals surface area contributed by atoms with Crippen molar-refractivity contribution in [1.82, 2.24) is 14.5 Å². The molecule has 9 nitrogen and oxygen atoms in total. The monoisotopic (exact) mass is 520 g/mol. The number of sulfone groups is 1. The molecular formula is C27H32N6O3S. The van der Waals surface area contributed by atoms with E-state index in [1.54, 1.807) is 38.1 Å². The minimum absolute atomic E-state index is 0.206. The van der Waals surface area contributed by atoms with E-state index in [2.05, 4.69) is 20.5 Å². The van der Waals surface area contributed by atoms with Gasteiger partial charge in [0.1, 0.15) is 5.52 Å². The first-order chi connectivity index (χ1) is 17.7. The molecule has 3 heterocycles. The Labute approximate surface area is 217 Å². The molecule has 4 aromatic rings. The molecule has 0 bridgehead atoms. The van der Waals surface area contributed by atoms with Gasteiger partial charge in [0.2, 0.25) is 5.95 Å². The highest BCUT2D eigenvalue weighted by Gasteiger charge is 2.23. The Balaban J connectivity index is 1.45. The van der Waals surface area contributed by atoms with Crippen molar-refractivity contribution < 1.29 is 13.5 Å². The van der Waals surface area contributed by atoms with E-state index < -0.39 is 15.1 Å². The highest BCUT2D eigenvalue weighted by molar-refractivity contribution is 7.92. The highest BCUT2D eigenvalue weighted by atomic mass is 32.2. The van der Waals surface area contributed by atoms with Gasteiger partial charge in [0, 0.05) is 37.7 Å². The van der Waals surface area contributed by atoms with Crippen LogP contribution in [-0.4, -0.2) is 52.5 Å². The second kappa shape index (κ2) is 10.0. The summed E-state index contributed by atoms with van der Waals surface area (Å²) in [5.41, 5.74) is 3.92. The lowest BCUT2D eigenvalue weighted by molar-refractivity contribution is 0.145. The Bertz CT molecular complexity index is 1510. The molecule has 5 rings (SSSR count). The molecule has 0 amide bonds. The molecule has 3 N–H and O–H groups in total. The number of nitrogens with one attached hydrogen (secondary N) is 2. The summed E-state index contributed by atoms with van der Waals surface area (Å²) in [5, 5.41) is 15.8. The normalized spacial score (nSPS) is 14.9. The van der Waals surface area contributed by atoms with Crippen LogP contribution in [0.3, 0.4) is 0 Å². The number of anilines is 5. The van der Waals surface area contributed by atoms with Crippen LogP contribution in [0.15, 0.2) is 65.7 Å². The molecule has 0 spiro atoms. The SMILES string of the molecule is CC(C)S(=O)(=O)c1ccccc1Nc1nc(Nc2ccc(N3CCC(O)CC3)cc2)nc2ccn(C)c12. The number of hydrogen-bond donors (Lipinski definition) is 3. The summed E-state index contributed by atoms with van der Waals surface area (Å²) in [7, 11) is -1.60. The van der Waals surface area contributed by atoms with Crippen LogP contribution >= 0.6 is 0 Å². The summed E-state index contributed by atoms with van der Waals surface area (Å²) in [6.45, 7) is 5.03. The van der Waals surface area contributed by atoms with E-state index in [1.165, 1.54) is 0 Å². The zero-order chi connectivity index (χ0) is 26.2. The zero-order valence-corrected chi connectivity index (χ0v) is 22.0. The number of benzene rings is 2. The molecule has 0 aliphatic carbocycles. The summed E-state index contributed by atoms with van der Waals surface area (Å²) in [6, 6.07) is 16.9. The quantitative estimate of drug-likeness (QED) is 0.324. The van der Waals surface area contributed by atoms with E-state index in [0.29, 0.717) is 17.5 Å². The van der Waals surface area contributed by atoms with Crippen molar-refractivity contribution in [3.8, 4) is 0 Å². The van der Waals surface area contributed by atoms with Gasteiger partial charge in [0.25, 0.3) is 0 Å². The zero-order valence-electron chi connectivity index (χ0n) is 21.2. The molecule has 1 aliphatic heterocycles. The van der Waals surface area contributed by atoms with Gasteiger partial charge >= 0.3 is 0 Å². The highest BCUT2D eigenvalue weighted by Crippen LogP contribution is 2.31. The van der Waals surface area contributed by atoms with Crippen LogP contribution in [0, 0.1) is 0 Å². The van der Waals surface area contributed by atoms with Gasteiger partial charge in [-0.25, -0.2) is 13.4 Å². The van der Waals surface area contributed by atoms with Crippen molar-refractivity contribution in [3.05, 3.63) is 60.8 Å². The Morgan fingerprint density at radius 3 is 2.38 bits per heavy atom. The van der Waals surface area contributed by atoms with Crippen molar-refractivity contribution in [2.45, 2.75) is 42.9 Å². The number of fused-ring (bicyclic) bond motifs is 1. The van der Waals surface area contributed by atoms with E-state index in [9.17, 15) is 13.5 Å². The number of piperidine rings is 1. The van der Waals surface area contributed by atoms with Crippen LogP contribution in [0.4, 0.5) is 28.8 Å². The molecule has 2 aromatic heterocycles. The van der Waals surface area contributed by atoms with Crippen molar-refractivity contribution in [3.63, 3.8) is 0 Å². The lowest BCUT2D eigenvalue weighted by Crippen LogP contribution is -2.35. The number of aromatic nitrogens is 3. The average Bonchev–Trinajstić information content (AvgIpc) is 3.26. The molecule has 194 valence electrons. The molecule has 37 heavy (non-hydrogen) atoms. The molecule has 0 saturated carbocycles. The fourth-order valence-electron chi connectivity index (χ4n) is 4.54. The third-order valence-corrected chi connectivity index (χ3v) is 8.95. The third kappa shape index (κ3) is 5.12. The van der Waals surface area contributed by atoms with Crippen LogP contribution in [0.1, 0.15) is 26.7 Å². The summed E-state index contributed by atoms with van der Waals surface area (Å²) in [4.78, 5) is 11.9. The largest absolute Gasteiger partial charge is 0.393 e. The number of para-hydroxylation sites is 1. The smallest absolute Gasteiger partial charge is 0.229 e. The lowest BCUT2D eigenvalue weighted by atomic mass is 10.1. The van der Waals surface area contributed by atoms with E-state index in [0.717, 1.165) is 48.3 Å². The van der Waals surface area contributed by atoms with Gasteiger partial charge in [-0.05, 0) is 69.2 Å². The maximum Gasteiger partial charge on any atom is 0.229 e. The number of aliphatic hydroxyl groups is 1. The third-order valence-electron chi connectivity index (χ3n) is 6.74. The first-order valence-corrected chi connectivity index (χ1v) is 14.0. The van der Waals surface area contributed by atoms with Crippen LogP contribution in [0.25, 0.3) is 11.0 Å². The molecule has 1 saturated heterocycles. The Hall–Kier alpha value is -3.63. The van der Waals surface area contributed by atoms with E-state index in [4.69, 9.17) is 4.98 Å². The second-order valence-corrected chi connectivity index (χ2v) is 12.1. The minimum Gasteiger partial charge on any atom is -0.393 e. The second-order valence-electron chi connectivity index (χ2n) is 9.66. The topological polar surface area (TPSA) is 112 Å². The van der Waals surface area contributed by atoms with Gasteiger partial charge in [-0.3, -0.25) is 0 Å². The van der Waals surface area contributed by atoms with E-state index >= 15 is 0 Å². The fourth-order valence-corrected chi connectivity index (χ4v) is 5.75. The summed E-state index contributed by atoms with van der Waals surface area (Å²) in [5.74, 6) is 0.911. The molecular weight excluding hydrogens is 488 g/mol. The van der Waals surface area contributed by atoms with E-state index in [1.807, 2.05) is 48.1 Å². The van der Waals surface area contributed by atoms with Gasteiger partial charge < -0.3 is 25.2 Å². The number of rotatable bonds is 7. The predicted molar refractivity (Wildman–Crippen MR) is 148 cm³/mol. The summed E-state index contributed by atoms with van der Waals surface area (Å²) in [6.07, 6.45) is 3.25. The van der Waals surface area contributed by atoms with Crippen molar-refractivity contribution in [1.29, 1.82) is 0 Å². The Kier molecular flexibility index (Phi) is 6.78. The molecule has 0 atom stereocenters. The number of hydrogen-bond acceptors (Lipinski definition) is 8. The van der Waals surface area contributed by atoms with Crippen molar-refractivity contribution in [2.75, 3.05) is 28.6 Å². The molecule has 1 aliphatic rings. The van der Waals surface area contributed by atoms with Gasteiger partial charge in [0.05, 0.1) is 27.5 Å². The Morgan fingerprint density at radius 1 is 0.973 bits per heavy atom. The molecule has 10 heteroatoms. The summed E-state index contributed by atoms with van der Waals surface area (Å²) < 4.78 is 27.9. The van der Waals surface area contributed by atoms with Crippen LogP contribution in [-0.2, 0) is 16.9 Å². The molecule has 1 fully saturated rings. The first kappa shape index (κ1) is 25.0. The minimum atomic E-state index is -3.50. The fraction of sp³-hybridized carbons (Fsp3) is 0.333. The number of aryl methyl sites for hydroxylation is 1. The summed E-state index contributed by atoms with van der Waals surface area (Å²) >= 11 is 0. The standard InChI is InChI=1S/C27H32N6O3S/c1-18(2)37(35,36)24-7-5-4-6-22(24)29-26-25-23(14-15-32(25)3)30-27(31-26)28-19-8-10-20(11-9-19)33-16-12-21(34)13-17-33/h4-11,14-15,18,21,34H,12-13,16-17H2,1-3H3,(H2,28,29,30,31). The number of nitrogens with zero attached hydrogens (tertiary/aromatic N) is 4. The average molecular weight is 521 g/mol. The Morgan fingerprint density at radius 2 is 1.68 bits per heavy atom. The maximum atomic E-state index is 13.0.